The van der Waals surface area contributed by atoms with Crippen LogP contribution in [0.4, 0.5) is 5.69 Å². The molecule has 3 rings (SSSR count). The van der Waals surface area contributed by atoms with Crippen molar-refractivity contribution in [2.24, 2.45) is 0 Å². The number of benzene rings is 2. The van der Waals surface area contributed by atoms with Gasteiger partial charge in [0.25, 0.3) is 5.69 Å². The molecular weight excluding hydrogens is 308 g/mol. The molecule has 0 saturated carbocycles. The fraction of sp³-hybridized carbons (Fsp3) is 0.333. The summed E-state index contributed by atoms with van der Waals surface area (Å²) >= 11 is 0. The smallest absolute Gasteiger partial charge is 0.269 e. The van der Waals surface area contributed by atoms with Crippen LogP contribution in [-0.4, -0.2) is 35.1 Å². The Morgan fingerprint density at radius 3 is 2.88 bits per heavy atom. The second-order valence-corrected chi connectivity index (χ2v) is 5.99. The lowest BCUT2D eigenvalue weighted by Crippen LogP contribution is -2.34. The number of nitrogens with zero attached hydrogens (tertiary/aromatic N) is 2. The number of non-ortho nitro benzene ring substituents is 1. The van der Waals surface area contributed by atoms with E-state index in [0.29, 0.717) is 12.1 Å². The van der Waals surface area contributed by atoms with E-state index in [9.17, 15) is 15.2 Å². The Labute approximate surface area is 140 Å². The minimum Gasteiger partial charge on any atom is -0.497 e. The predicted octanol–water partition coefficient (Wildman–Crippen LogP) is 2.70. The summed E-state index contributed by atoms with van der Waals surface area (Å²) in [5, 5.41) is 21.3. The summed E-state index contributed by atoms with van der Waals surface area (Å²) in [7, 11) is 1.65. The summed E-state index contributed by atoms with van der Waals surface area (Å²) in [6.07, 6.45) is 0.165. The maximum Gasteiger partial charge on any atom is 0.269 e. The molecule has 1 N–H and O–H groups in total. The van der Waals surface area contributed by atoms with E-state index in [-0.39, 0.29) is 5.69 Å². The molecule has 1 aliphatic heterocycles. The maximum atomic E-state index is 10.9. The van der Waals surface area contributed by atoms with Gasteiger partial charge in [-0.3, -0.25) is 15.0 Å². The van der Waals surface area contributed by atoms with Crippen LogP contribution < -0.4 is 4.74 Å². The molecule has 1 aliphatic rings. The number of hydrogen-bond acceptors (Lipinski definition) is 5. The molecule has 0 radical (unpaired) electrons. The Hall–Kier alpha value is -2.44. The molecule has 0 fully saturated rings. The highest BCUT2D eigenvalue weighted by atomic mass is 16.6. The number of nitro groups is 1. The van der Waals surface area contributed by atoms with Gasteiger partial charge in [0.2, 0.25) is 0 Å². The Bertz CT molecular complexity index is 748. The monoisotopic (exact) mass is 328 g/mol. The molecule has 0 aromatic heterocycles. The summed E-state index contributed by atoms with van der Waals surface area (Å²) < 4.78 is 5.27. The number of nitro benzene ring substituents is 1. The molecule has 0 unspecified atom stereocenters. The van der Waals surface area contributed by atoms with Crippen LogP contribution in [0.2, 0.25) is 0 Å². The first-order valence-corrected chi connectivity index (χ1v) is 7.87. The third-order valence-electron chi connectivity index (χ3n) is 4.40. The lowest BCUT2D eigenvalue weighted by atomic mass is 9.98. The second kappa shape index (κ2) is 6.98. The van der Waals surface area contributed by atoms with Gasteiger partial charge in [0, 0.05) is 31.8 Å². The van der Waals surface area contributed by atoms with Crippen LogP contribution in [0.15, 0.2) is 42.5 Å². The summed E-state index contributed by atoms with van der Waals surface area (Å²) in [4.78, 5) is 12.6. The first-order valence-electron chi connectivity index (χ1n) is 7.87. The van der Waals surface area contributed by atoms with Gasteiger partial charge in [-0.25, -0.2) is 0 Å². The molecule has 6 heteroatoms. The number of β-amino-alcohol motifs (C(OH)–C–C–N with tert-alkyl or cyclic N) is 1. The van der Waals surface area contributed by atoms with E-state index in [4.69, 9.17) is 4.74 Å². The molecule has 24 heavy (non-hydrogen) atoms. The molecule has 2 aromatic rings. The fourth-order valence-corrected chi connectivity index (χ4v) is 3.07. The Morgan fingerprint density at radius 1 is 1.29 bits per heavy atom. The number of rotatable bonds is 5. The van der Waals surface area contributed by atoms with Crippen LogP contribution in [-0.2, 0) is 13.0 Å². The molecule has 0 saturated heterocycles. The molecule has 126 valence electrons. The largest absolute Gasteiger partial charge is 0.497 e. The third-order valence-corrected chi connectivity index (χ3v) is 4.40. The van der Waals surface area contributed by atoms with Crippen LogP contribution in [0.3, 0.4) is 0 Å². The summed E-state index contributed by atoms with van der Waals surface area (Å²) in [6.45, 7) is 2.03. The van der Waals surface area contributed by atoms with Crippen molar-refractivity contribution in [3.8, 4) is 5.75 Å². The zero-order chi connectivity index (χ0) is 17.1. The quantitative estimate of drug-likeness (QED) is 0.674. The molecule has 1 heterocycles. The van der Waals surface area contributed by atoms with Crippen molar-refractivity contribution in [2.45, 2.75) is 19.1 Å². The molecule has 0 amide bonds. The van der Waals surface area contributed by atoms with E-state index in [1.165, 1.54) is 23.3 Å². The van der Waals surface area contributed by atoms with Crippen LogP contribution in [0.25, 0.3) is 0 Å². The maximum absolute atomic E-state index is 10.9. The van der Waals surface area contributed by atoms with E-state index < -0.39 is 11.0 Å². The van der Waals surface area contributed by atoms with E-state index in [1.807, 2.05) is 12.1 Å². The highest BCUT2D eigenvalue weighted by Crippen LogP contribution is 2.26. The lowest BCUT2D eigenvalue weighted by Gasteiger charge is -2.30. The molecular formula is C18H20N2O4. The van der Waals surface area contributed by atoms with Gasteiger partial charge in [-0.15, -0.1) is 0 Å². The zero-order valence-corrected chi connectivity index (χ0v) is 13.5. The molecule has 0 spiro atoms. The molecule has 0 aliphatic carbocycles. The number of hydrogen-bond donors (Lipinski definition) is 1. The van der Waals surface area contributed by atoms with Gasteiger partial charge in [-0.2, -0.15) is 0 Å². The van der Waals surface area contributed by atoms with Crippen molar-refractivity contribution >= 4 is 5.69 Å². The lowest BCUT2D eigenvalue weighted by molar-refractivity contribution is -0.385. The standard InChI is InChI=1S/C18H20N2O4/c1-24-17-6-5-13-7-8-19(11-15(13)10-17)12-18(21)14-3-2-4-16(9-14)20(22)23/h2-6,9-10,18,21H,7-8,11-12H2,1H3/t18-/m0/s1. The summed E-state index contributed by atoms with van der Waals surface area (Å²) in [5.74, 6) is 0.829. The van der Waals surface area contributed by atoms with Gasteiger partial charge in [-0.05, 0) is 35.2 Å². The highest BCUT2D eigenvalue weighted by Gasteiger charge is 2.21. The second-order valence-electron chi connectivity index (χ2n) is 5.99. The van der Waals surface area contributed by atoms with E-state index in [0.717, 1.165) is 25.3 Å². The van der Waals surface area contributed by atoms with Crippen LogP contribution in [0.5, 0.6) is 5.75 Å². The van der Waals surface area contributed by atoms with Crippen molar-refractivity contribution < 1.29 is 14.8 Å². The van der Waals surface area contributed by atoms with Gasteiger partial charge < -0.3 is 9.84 Å². The Morgan fingerprint density at radius 2 is 2.12 bits per heavy atom. The van der Waals surface area contributed by atoms with E-state index in [1.54, 1.807) is 19.2 Å². The average Bonchev–Trinajstić information content (AvgIpc) is 2.61. The first-order chi connectivity index (χ1) is 11.6. The van der Waals surface area contributed by atoms with Gasteiger partial charge in [0.1, 0.15) is 5.75 Å². The number of methoxy groups -OCH3 is 1. The molecule has 6 nitrogen and oxygen atoms in total. The van der Waals surface area contributed by atoms with Crippen LogP contribution >= 0.6 is 0 Å². The minimum absolute atomic E-state index is 0.000256. The first kappa shape index (κ1) is 16.4. The number of fused-ring (bicyclic) bond motifs is 1. The topological polar surface area (TPSA) is 75.8 Å². The SMILES string of the molecule is COc1ccc2c(c1)CN(C[C@H](O)c1cccc([N+](=O)[O-])c1)CC2. The van der Waals surface area contributed by atoms with E-state index in [2.05, 4.69) is 11.0 Å². The number of aliphatic hydroxyl groups excluding tert-OH is 1. The van der Waals surface area contributed by atoms with Crippen LogP contribution in [0, 0.1) is 10.1 Å². The van der Waals surface area contributed by atoms with Crippen molar-refractivity contribution in [3.63, 3.8) is 0 Å². The van der Waals surface area contributed by atoms with Crippen molar-refractivity contribution in [1.82, 2.24) is 4.90 Å². The molecule has 0 bridgehead atoms. The Kier molecular flexibility index (Phi) is 4.78. The van der Waals surface area contributed by atoms with Gasteiger partial charge >= 0.3 is 0 Å². The van der Waals surface area contributed by atoms with Crippen molar-refractivity contribution in [3.05, 3.63) is 69.3 Å². The molecule has 2 aromatic carbocycles. The van der Waals surface area contributed by atoms with E-state index >= 15 is 0 Å². The third kappa shape index (κ3) is 3.55. The number of ether oxygens (including phenoxy) is 1. The van der Waals surface area contributed by atoms with Gasteiger partial charge in [0.15, 0.2) is 0 Å². The van der Waals surface area contributed by atoms with Gasteiger partial charge in [0.05, 0.1) is 18.1 Å². The number of aliphatic hydroxyl groups is 1. The zero-order valence-electron chi connectivity index (χ0n) is 13.5. The van der Waals surface area contributed by atoms with Crippen molar-refractivity contribution in [2.75, 3.05) is 20.2 Å². The minimum atomic E-state index is -0.753. The normalized spacial score (nSPS) is 15.6. The summed E-state index contributed by atoms with van der Waals surface area (Å²) in [5.41, 5.74) is 3.07. The Balaban J connectivity index is 1.70. The average molecular weight is 328 g/mol. The highest BCUT2D eigenvalue weighted by molar-refractivity contribution is 5.38. The summed E-state index contributed by atoms with van der Waals surface area (Å²) in [6, 6.07) is 12.3. The predicted molar refractivity (Wildman–Crippen MR) is 90.0 cm³/mol. The van der Waals surface area contributed by atoms with Crippen molar-refractivity contribution in [1.29, 1.82) is 0 Å². The van der Waals surface area contributed by atoms with Gasteiger partial charge in [-0.1, -0.05) is 18.2 Å². The fourth-order valence-electron chi connectivity index (χ4n) is 3.07. The molecule has 1 atom stereocenters. The van der Waals surface area contributed by atoms with Crippen LogP contribution in [0.1, 0.15) is 22.8 Å².